The normalized spacial score (nSPS) is 26.6. The van der Waals surface area contributed by atoms with E-state index in [-0.39, 0.29) is 12.5 Å². The van der Waals surface area contributed by atoms with Crippen LogP contribution in [0.4, 0.5) is 0 Å². The van der Waals surface area contributed by atoms with E-state index in [0.29, 0.717) is 12.8 Å². The topological polar surface area (TPSA) is 228 Å². The van der Waals surface area contributed by atoms with Gasteiger partial charge in [0.2, 0.25) is 5.91 Å². The molecule has 0 saturated carbocycles. The monoisotopic (exact) mass is 960 g/mol. The Morgan fingerprint density at radius 1 is 0.522 bits per heavy atom. The maximum Gasteiger partial charge on any atom is 0.220 e. The van der Waals surface area contributed by atoms with E-state index in [4.69, 9.17) is 18.9 Å². The van der Waals surface area contributed by atoms with E-state index in [1.807, 2.05) is 0 Å². The quantitative estimate of drug-likeness (QED) is 0.0209. The first-order chi connectivity index (χ1) is 32.6. The third-order valence-corrected chi connectivity index (χ3v) is 13.7. The molecule has 2 heterocycles. The Hall–Kier alpha value is -1.27. The SMILES string of the molecule is CCCCCCCCCC/C=C\CCCCCCCCCCCCCCCC(=O)NC(COC1OC(CO)C(OC2OC(CO)C(O)C(O)C2O)C(O)C1O)C(O)CCCCCCCCCC. The lowest BCUT2D eigenvalue weighted by Gasteiger charge is -2.46. The van der Waals surface area contributed by atoms with Crippen molar-refractivity contribution >= 4 is 5.91 Å². The Morgan fingerprint density at radius 2 is 0.940 bits per heavy atom. The summed E-state index contributed by atoms with van der Waals surface area (Å²) in [4.78, 5) is 13.2. The van der Waals surface area contributed by atoms with Crippen LogP contribution in [0.2, 0.25) is 0 Å². The van der Waals surface area contributed by atoms with Gasteiger partial charge in [0, 0.05) is 6.42 Å². The Morgan fingerprint density at radius 3 is 1.42 bits per heavy atom. The van der Waals surface area contributed by atoms with E-state index in [2.05, 4.69) is 31.3 Å². The van der Waals surface area contributed by atoms with Gasteiger partial charge in [0.25, 0.3) is 0 Å². The number of aliphatic hydroxyl groups excluding tert-OH is 8. The maximum absolute atomic E-state index is 13.2. The molecule has 0 aromatic carbocycles. The number of ether oxygens (including phenoxy) is 4. The van der Waals surface area contributed by atoms with Crippen LogP contribution in [0.3, 0.4) is 0 Å². The summed E-state index contributed by atoms with van der Waals surface area (Å²) in [6.45, 7) is 2.82. The lowest BCUT2D eigenvalue weighted by atomic mass is 9.97. The van der Waals surface area contributed by atoms with Crippen LogP contribution in [0.1, 0.15) is 226 Å². The number of carbonyl (C=O) groups is 1. The van der Waals surface area contributed by atoms with Crippen LogP contribution in [0, 0.1) is 0 Å². The summed E-state index contributed by atoms with van der Waals surface area (Å²) >= 11 is 0. The molecule has 2 aliphatic heterocycles. The van der Waals surface area contributed by atoms with Crippen LogP contribution in [-0.2, 0) is 23.7 Å². The predicted molar refractivity (Wildman–Crippen MR) is 263 cm³/mol. The van der Waals surface area contributed by atoms with Crippen LogP contribution < -0.4 is 5.32 Å². The van der Waals surface area contributed by atoms with Crippen LogP contribution in [0.25, 0.3) is 0 Å². The fraction of sp³-hybridized carbons (Fsp3) is 0.943. The molecule has 12 atom stereocenters. The molecule has 0 radical (unpaired) electrons. The van der Waals surface area contributed by atoms with Crippen molar-refractivity contribution in [1.82, 2.24) is 5.32 Å². The maximum atomic E-state index is 13.2. The molecule has 12 unspecified atom stereocenters. The van der Waals surface area contributed by atoms with Crippen molar-refractivity contribution in [3.05, 3.63) is 12.2 Å². The molecule has 1 amide bonds. The highest BCUT2D eigenvalue weighted by Crippen LogP contribution is 2.30. The molecule has 0 aromatic rings. The molecule has 14 nitrogen and oxygen atoms in total. The third kappa shape index (κ3) is 27.2. The summed E-state index contributed by atoms with van der Waals surface area (Å²) in [6, 6.07) is -0.822. The molecule has 9 N–H and O–H groups in total. The minimum Gasteiger partial charge on any atom is -0.394 e. The number of nitrogens with one attached hydrogen (secondary N) is 1. The average molecular weight is 960 g/mol. The number of hydrogen-bond donors (Lipinski definition) is 9. The molecular formula is C53H101NO13. The smallest absolute Gasteiger partial charge is 0.220 e. The van der Waals surface area contributed by atoms with Gasteiger partial charge in [-0.05, 0) is 38.5 Å². The number of unbranched alkanes of at least 4 members (excludes halogenated alkanes) is 28. The largest absolute Gasteiger partial charge is 0.394 e. The molecule has 0 bridgehead atoms. The van der Waals surface area contributed by atoms with Gasteiger partial charge in [0.15, 0.2) is 12.6 Å². The average Bonchev–Trinajstić information content (AvgIpc) is 3.32. The number of amides is 1. The van der Waals surface area contributed by atoms with E-state index >= 15 is 0 Å². The van der Waals surface area contributed by atoms with Gasteiger partial charge in [0.1, 0.15) is 48.8 Å². The molecular weight excluding hydrogens is 859 g/mol. The summed E-state index contributed by atoms with van der Waals surface area (Å²) in [5.41, 5.74) is 0. The van der Waals surface area contributed by atoms with Crippen molar-refractivity contribution in [3.8, 4) is 0 Å². The van der Waals surface area contributed by atoms with Crippen molar-refractivity contribution < 1.29 is 64.6 Å². The Balaban J connectivity index is 1.68. The first-order valence-corrected chi connectivity index (χ1v) is 27.4. The van der Waals surface area contributed by atoms with Crippen molar-refractivity contribution in [2.24, 2.45) is 0 Å². The number of rotatable bonds is 43. The summed E-state index contributed by atoms with van der Waals surface area (Å²) in [6.07, 6.45) is 26.8. The van der Waals surface area contributed by atoms with E-state index in [1.54, 1.807) is 0 Å². The van der Waals surface area contributed by atoms with Crippen LogP contribution >= 0.6 is 0 Å². The lowest BCUT2D eigenvalue weighted by molar-refractivity contribution is -0.359. The molecule has 0 aliphatic carbocycles. The number of hydrogen-bond acceptors (Lipinski definition) is 13. The fourth-order valence-electron chi connectivity index (χ4n) is 9.23. The minimum absolute atomic E-state index is 0.208. The zero-order valence-electron chi connectivity index (χ0n) is 42.2. The number of allylic oxidation sites excluding steroid dienone is 2. The number of carbonyl (C=O) groups excluding carboxylic acids is 1. The Labute approximate surface area is 406 Å². The van der Waals surface area contributed by atoms with E-state index in [1.165, 1.54) is 148 Å². The molecule has 396 valence electrons. The van der Waals surface area contributed by atoms with Gasteiger partial charge in [-0.2, -0.15) is 0 Å². The van der Waals surface area contributed by atoms with Gasteiger partial charge >= 0.3 is 0 Å². The highest BCUT2D eigenvalue weighted by Gasteiger charge is 2.51. The highest BCUT2D eigenvalue weighted by atomic mass is 16.7. The highest BCUT2D eigenvalue weighted by molar-refractivity contribution is 5.76. The summed E-state index contributed by atoms with van der Waals surface area (Å²) < 4.78 is 22.7. The lowest BCUT2D eigenvalue weighted by Crippen LogP contribution is -2.65. The van der Waals surface area contributed by atoms with E-state index in [0.717, 1.165) is 51.4 Å². The molecule has 2 rings (SSSR count). The molecule has 14 heteroatoms. The van der Waals surface area contributed by atoms with Crippen LogP contribution in [-0.4, -0.2) is 140 Å². The third-order valence-electron chi connectivity index (χ3n) is 13.7. The van der Waals surface area contributed by atoms with E-state index in [9.17, 15) is 45.6 Å². The second kappa shape index (κ2) is 40.3. The zero-order valence-corrected chi connectivity index (χ0v) is 42.2. The number of aliphatic hydroxyl groups is 8. The van der Waals surface area contributed by atoms with E-state index < -0.39 is 86.8 Å². The van der Waals surface area contributed by atoms with Crippen molar-refractivity contribution in [3.63, 3.8) is 0 Å². The van der Waals surface area contributed by atoms with Gasteiger partial charge in [-0.15, -0.1) is 0 Å². The first kappa shape index (κ1) is 61.8. The van der Waals surface area contributed by atoms with Crippen molar-refractivity contribution in [1.29, 1.82) is 0 Å². The van der Waals surface area contributed by atoms with Gasteiger partial charge < -0.3 is 65.1 Å². The molecule has 2 aliphatic rings. The molecule has 2 fully saturated rings. The van der Waals surface area contributed by atoms with Gasteiger partial charge in [-0.1, -0.05) is 193 Å². The summed E-state index contributed by atoms with van der Waals surface area (Å²) in [7, 11) is 0. The minimum atomic E-state index is -1.78. The molecule has 67 heavy (non-hydrogen) atoms. The summed E-state index contributed by atoms with van der Waals surface area (Å²) in [5, 5.41) is 86.7. The Kier molecular flexibility index (Phi) is 37.2. The second-order valence-electron chi connectivity index (χ2n) is 19.7. The standard InChI is InChI=1S/C53H101NO13/c1-3-5-7-9-11-13-14-15-16-17-18-19-20-21-22-23-24-25-26-27-28-29-31-33-35-37-45(58)54-41(42(57)36-34-32-30-12-10-8-6-4-2)40-64-52-50(63)48(61)51(44(39-56)66-52)67-53-49(62)47(60)46(59)43(38-55)65-53/h17-18,41-44,46-53,55-57,59-63H,3-16,19-40H2,1-2H3,(H,54,58)/b18-17-. The molecule has 0 spiro atoms. The first-order valence-electron chi connectivity index (χ1n) is 27.4. The van der Waals surface area contributed by atoms with Crippen LogP contribution in [0.15, 0.2) is 12.2 Å². The zero-order chi connectivity index (χ0) is 48.9. The van der Waals surface area contributed by atoms with Gasteiger partial charge in [-0.3, -0.25) is 4.79 Å². The molecule has 0 aromatic heterocycles. The Bertz CT molecular complexity index is 1180. The van der Waals surface area contributed by atoms with Gasteiger partial charge in [-0.25, -0.2) is 0 Å². The van der Waals surface area contributed by atoms with Crippen molar-refractivity contribution in [2.45, 2.75) is 299 Å². The summed E-state index contributed by atoms with van der Waals surface area (Å²) in [5.74, 6) is -0.208. The predicted octanol–water partition coefficient (Wildman–Crippen LogP) is 7.94. The second-order valence-corrected chi connectivity index (χ2v) is 19.7. The van der Waals surface area contributed by atoms with Gasteiger partial charge in [0.05, 0.1) is 32.0 Å². The van der Waals surface area contributed by atoms with Crippen LogP contribution in [0.5, 0.6) is 0 Å². The van der Waals surface area contributed by atoms with Crippen molar-refractivity contribution in [2.75, 3.05) is 19.8 Å². The molecule has 2 saturated heterocycles. The fourth-order valence-corrected chi connectivity index (χ4v) is 9.23.